The van der Waals surface area contributed by atoms with Crippen LogP contribution in [0.3, 0.4) is 0 Å². The minimum Gasteiger partial charge on any atom is -0.494 e. The molecule has 0 aliphatic carbocycles. The van der Waals surface area contributed by atoms with Crippen molar-refractivity contribution < 1.29 is 13.2 Å². The van der Waals surface area contributed by atoms with Crippen LogP contribution in [0.15, 0.2) is 61.1 Å². The predicted octanol–water partition coefficient (Wildman–Crippen LogP) is 4.20. The Morgan fingerprint density at radius 2 is 1.94 bits per heavy atom. The molecule has 8 nitrogen and oxygen atoms in total. The molecule has 3 heterocycles. The lowest BCUT2D eigenvalue weighted by atomic mass is 9.98. The topological polar surface area (TPSA) is 88.5 Å². The van der Waals surface area contributed by atoms with Crippen LogP contribution in [0.5, 0.6) is 5.75 Å². The molecular weight excluding hydrogens is 470 g/mol. The average Bonchev–Trinajstić information content (AvgIpc) is 3.38. The minimum atomic E-state index is -3.45. The van der Waals surface area contributed by atoms with Crippen LogP contribution >= 0.6 is 12.2 Å². The number of hydrogen-bond donors (Lipinski definition) is 2. The number of pyridine rings is 1. The Kier molecular flexibility index (Phi) is 6.30. The summed E-state index contributed by atoms with van der Waals surface area (Å²) in [7, 11) is -1.95. The van der Waals surface area contributed by atoms with E-state index in [9.17, 15) is 8.42 Å². The molecule has 0 amide bonds. The van der Waals surface area contributed by atoms with Crippen LogP contribution in [0.1, 0.15) is 44.1 Å². The summed E-state index contributed by atoms with van der Waals surface area (Å²) in [5.41, 5.74) is 3.03. The SMILES string of the molecule is COc1cc(N2C(=S)N[C@H](c3ccccn3)[C@H]2c2ccn(C(C)(C)C)c2)ccc1NS(C)(=O)=O. The molecule has 180 valence electrons. The number of anilines is 2. The van der Waals surface area contributed by atoms with Crippen molar-refractivity contribution in [3.63, 3.8) is 0 Å². The Labute approximate surface area is 206 Å². The van der Waals surface area contributed by atoms with Crippen molar-refractivity contribution in [2.45, 2.75) is 38.4 Å². The molecule has 0 saturated carbocycles. The molecule has 0 spiro atoms. The van der Waals surface area contributed by atoms with Crippen LogP contribution < -0.4 is 19.7 Å². The minimum absolute atomic E-state index is 0.0711. The maximum atomic E-state index is 11.8. The predicted molar refractivity (Wildman–Crippen MR) is 139 cm³/mol. The summed E-state index contributed by atoms with van der Waals surface area (Å²) in [5.74, 6) is 0.401. The fourth-order valence-electron chi connectivity index (χ4n) is 4.09. The number of hydrogen-bond acceptors (Lipinski definition) is 5. The first-order valence-electron chi connectivity index (χ1n) is 10.8. The van der Waals surface area contributed by atoms with Gasteiger partial charge in [-0.15, -0.1) is 0 Å². The van der Waals surface area contributed by atoms with Crippen molar-refractivity contribution in [3.05, 3.63) is 72.3 Å². The first kappa shape index (κ1) is 24.0. The van der Waals surface area contributed by atoms with Crippen LogP contribution in [0.4, 0.5) is 11.4 Å². The van der Waals surface area contributed by atoms with Gasteiger partial charge in [0.25, 0.3) is 0 Å². The van der Waals surface area contributed by atoms with Gasteiger partial charge in [-0.1, -0.05) is 6.07 Å². The first-order chi connectivity index (χ1) is 16.0. The largest absolute Gasteiger partial charge is 0.494 e. The number of ether oxygens (including phenoxy) is 1. The number of sulfonamides is 1. The standard InChI is InChI=1S/C24H29N5O3S2/c1-24(2,3)28-13-11-16(15-28)22-21(19-8-6-7-12-25-19)26-23(33)29(22)17-9-10-18(20(14-17)32-4)27-34(5,30)31/h6-15,21-22,27H,1-5H3,(H,26,33)/t21-,22-/m1/s1. The summed E-state index contributed by atoms with van der Waals surface area (Å²) in [5, 5.41) is 3.99. The van der Waals surface area contributed by atoms with Crippen molar-refractivity contribution >= 4 is 38.7 Å². The summed E-state index contributed by atoms with van der Waals surface area (Å²) in [6.45, 7) is 6.46. The highest BCUT2D eigenvalue weighted by molar-refractivity contribution is 7.92. The molecule has 1 aromatic carbocycles. The molecule has 2 N–H and O–H groups in total. The van der Waals surface area contributed by atoms with E-state index in [1.165, 1.54) is 7.11 Å². The fourth-order valence-corrected chi connectivity index (χ4v) is 5.00. The molecule has 34 heavy (non-hydrogen) atoms. The van der Waals surface area contributed by atoms with E-state index in [0.717, 1.165) is 23.2 Å². The van der Waals surface area contributed by atoms with E-state index < -0.39 is 10.0 Å². The molecule has 0 bridgehead atoms. The third kappa shape index (κ3) is 4.88. The summed E-state index contributed by atoms with van der Waals surface area (Å²) < 4.78 is 33.7. The molecule has 2 atom stereocenters. The van der Waals surface area contributed by atoms with Gasteiger partial charge in [-0.25, -0.2) is 8.42 Å². The summed E-state index contributed by atoms with van der Waals surface area (Å²) in [6, 6.07) is 12.9. The van der Waals surface area contributed by atoms with E-state index in [0.29, 0.717) is 16.5 Å². The van der Waals surface area contributed by atoms with Gasteiger partial charge in [0, 0.05) is 35.9 Å². The lowest BCUT2D eigenvalue weighted by Crippen LogP contribution is -2.29. The van der Waals surface area contributed by atoms with Gasteiger partial charge in [-0.3, -0.25) is 9.71 Å². The van der Waals surface area contributed by atoms with Gasteiger partial charge in [-0.2, -0.15) is 0 Å². The second kappa shape index (κ2) is 8.92. The second-order valence-electron chi connectivity index (χ2n) is 9.28. The normalized spacial score (nSPS) is 18.6. The quantitative estimate of drug-likeness (QED) is 0.492. The van der Waals surface area contributed by atoms with Crippen molar-refractivity contribution in [2.75, 3.05) is 23.0 Å². The maximum Gasteiger partial charge on any atom is 0.229 e. The Morgan fingerprint density at radius 3 is 2.53 bits per heavy atom. The van der Waals surface area contributed by atoms with E-state index in [2.05, 4.69) is 58.8 Å². The molecule has 0 unspecified atom stereocenters. The zero-order chi connectivity index (χ0) is 24.7. The molecule has 1 saturated heterocycles. The summed E-state index contributed by atoms with van der Waals surface area (Å²) >= 11 is 5.78. The van der Waals surface area contributed by atoms with Crippen molar-refractivity contribution in [2.24, 2.45) is 0 Å². The Hall–Kier alpha value is -3.11. The molecular formula is C24H29N5O3S2. The zero-order valence-corrected chi connectivity index (χ0v) is 21.4. The molecule has 3 aromatic rings. The number of nitrogens with zero attached hydrogens (tertiary/aromatic N) is 3. The number of nitrogens with one attached hydrogen (secondary N) is 2. The van der Waals surface area contributed by atoms with E-state index in [4.69, 9.17) is 17.0 Å². The monoisotopic (exact) mass is 499 g/mol. The number of thiocarbonyl (C=S) groups is 1. The van der Waals surface area contributed by atoms with E-state index in [1.807, 2.05) is 29.2 Å². The molecule has 2 aromatic heterocycles. The molecule has 1 aliphatic heterocycles. The highest BCUT2D eigenvalue weighted by Crippen LogP contribution is 2.43. The smallest absolute Gasteiger partial charge is 0.229 e. The molecule has 0 radical (unpaired) electrons. The molecule has 1 aliphatic rings. The van der Waals surface area contributed by atoms with Gasteiger partial charge in [0.05, 0.1) is 36.8 Å². The fraction of sp³-hybridized carbons (Fsp3) is 0.333. The molecule has 1 fully saturated rings. The van der Waals surface area contributed by atoms with Crippen LogP contribution in [-0.4, -0.2) is 36.4 Å². The second-order valence-corrected chi connectivity index (χ2v) is 11.4. The van der Waals surface area contributed by atoms with E-state index in [1.54, 1.807) is 18.3 Å². The van der Waals surface area contributed by atoms with Crippen LogP contribution in [0.2, 0.25) is 0 Å². The van der Waals surface area contributed by atoms with Crippen molar-refractivity contribution in [1.82, 2.24) is 14.9 Å². The van der Waals surface area contributed by atoms with Gasteiger partial charge in [-0.05, 0) is 68.9 Å². The van der Waals surface area contributed by atoms with Gasteiger partial charge in [0.2, 0.25) is 10.0 Å². The third-order valence-electron chi connectivity index (χ3n) is 5.69. The Morgan fingerprint density at radius 1 is 1.18 bits per heavy atom. The summed E-state index contributed by atoms with van der Waals surface area (Å²) in [6.07, 6.45) is 7.09. The highest BCUT2D eigenvalue weighted by Gasteiger charge is 2.41. The zero-order valence-electron chi connectivity index (χ0n) is 19.8. The van der Waals surface area contributed by atoms with Gasteiger partial charge in [0.1, 0.15) is 5.75 Å². The van der Waals surface area contributed by atoms with Gasteiger partial charge >= 0.3 is 0 Å². The van der Waals surface area contributed by atoms with Crippen LogP contribution in [-0.2, 0) is 15.6 Å². The van der Waals surface area contributed by atoms with E-state index in [-0.39, 0.29) is 17.6 Å². The van der Waals surface area contributed by atoms with Gasteiger partial charge in [0.15, 0.2) is 5.11 Å². The number of methoxy groups -OCH3 is 1. The van der Waals surface area contributed by atoms with Crippen LogP contribution in [0.25, 0.3) is 0 Å². The first-order valence-corrected chi connectivity index (χ1v) is 13.1. The highest BCUT2D eigenvalue weighted by atomic mass is 32.2. The number of aromatic nitrogens is 2. The van der Waals surface area contributed by atoms with Gasteiger partial charge < -0.3 is 19.5 Å². The number of rotatable bonds is 6. The van der Waals surface area contributed by atoms with Crippen molar-refractivity contribution in [3.8, 4) is 5.75 Å². The Balaban J connectivity index is 1.81. The number of benzene rings is 1. The average molecular weight is 500 g/mol. The maximum absolute atomic E-state index is 11.8. The third-order valence-corrected chi connectivity index (χ3v) is 6.59. The Bertz CT molecular complexity index is 1300. The summed E-state index contributed by atoms with van der Waals surface area (Å²) in [4.78, 5) is 6.62. The van der Waals surface area contributed by atoms with E-state index >= 15 is 0 Å². The molecule has 4 rings (SSSR count). The molecule has 10 heteroatoms. The van der Waals surface area contributed by atoms with Crippen molar-refractivity contribution in [1.29, 1.82) is 0 Å². The lowest BCUT2D eigenvalue weighted by Gasteiger charge is -2.28. The van der Waals surface area contributed by atoms with Crippen LogP contribution in [0, 0.1) is 0 Å². The lowest BCUT2D eigenvalue weighted by molar-refractivity contribution is 0.397.